The van der Waals surface area contributed by atoms with Crippen molar-refractivity contribution >= 4 is 23.5 Å². The fourth-order valence-electron chi connectivity index (χ4n) is 1.10. The molecular formula is C8H10N4O3S. The maximum Gasteiger partial charge on any atom is 0.333 e. The van der Waals surface area contributed by atoms with Crippen LogP contribution in [-0.2, 0) is 14.1 Å². The second-order valence-electron chi connectivity index (χ2n) is 3.04. The van der Waals surface area contributed by atoms with E-state index in [1.165, 1.54) is 14.1 Å². The summed E-state index contributed by atoms with van der Waals surface area (Å²) in [5.41, 5.74) is 3.68. The van der Waals surface area contributed by atoms with Gasteiger partial charge in [0.1, 0.15) is 5.56 Å². The molecule has 16 heavy (non-hydrogen) atoms. The van der Waals surface area contributed by atoms with Crippen molar-refractivity contribution in [3.63, 3.8) is 0 Å². The van der Waals surface area contributed by atoms with E-state index in [1.54, 1.807) is 0 Å². The van der Waals surface area contributed by atoms with Crippen molar-refractivity contribution in [1.82, 2.24) is 9.13 Å². The van der Waals surface area contributed by atoms with Gasteiger partial charge < -0.3 is 10.8 Å². The normalized spacial score (nSPS) is 10.9. The van der Waals surface area contributed by atoms with Crippen LogP contribution in [0, 0.1) is 0 Å². The van der Waals surface area contributed by atoms with E-state index in [2.05, 4.69) is 17.2 Å². The molecule has 1 heterocycles. The quantitative estimate of drug-likeness (QED) is 0.458. The molecular weight excluding hydrogens is 232 g/mol. The molecule has 0 saturated heterocycles. The summed E-state index contributed by atoms with van der Waals surface area (Å²) in [7, 11) is 2.62. The summed E-state index contributed by atoms with van der Waals surface area (Å²) in [4.78, 5) is 26.5. The Bertz CT molecular complexity index is 584. The van der Waals surface area contributed by atoms with Gasteiger partial charge in [-0.2, -0.15) is 0 Å². The van der Waals surface area contributed by atoms with Crippen molar-refractivity contribution in [3.8, 4) is 5.88 Å². The van der Waals surface area contributed by atoms with Gasteiger partial charge in [0.05, 0.1) is 0 Å². The van der Waals surface area contributed by atoms with Gasteiger partial charge in [0, 0.05) is 20.3 Å². The Morgan fingerprint density at radius 3 is 2.50 bits per heavy atom. The Balaban J connectivity index is 3.59. The van der Waals surface area contributed by atoms with Crippen molar-refractivity contribution < 1.29 is 5.11 Å². The zero-order valence-corrected chi connectivity index (χ0v) is 9.48. The van der Waals surface area contributed by atoms with Crippen LogP contribution in [0.25, 0.3) is 0 Å². The summed E-state index contributed by atoms with van der Waals surface area (Å²) in [5, 5.41) is 9.40. The van der Waals surface area contributed by atoms with Crippen molar-refractivity contribution in [3.05, 3.63) is 26.4 Å². The maximum atomic E-state index is 11.6. The molecule has 0 amide bonds. The van der Waals surface area contributed by atoms with E-state index in [4.69, 9.17) is 5.73 Å². The van der Waals surface area contributed by atoms with E-state index in [0.29, 0.717) is 0 Å². The summed E-state index contributed by atoms with van der Waals surface area (Å²) in [6.07, 6.45) is 1.03. The number of aromatic hydroxyl groups is 1. The van der Waals surface area contributed by atoms with Crippen LogP contribution in [-0.4, -0.2) is 25.6 Å². The molecule has 8 heteroatoms. The predicted octanol–water partition coefficient (Wildman–Crippen LogP) is -1.55. The van der Waals surface area contributed by atoms with Gasteiger partial charge in [0.2, 0.25) is 5.88 Å². The highest BCUT2D eigenvalue weighted by Gasteiger charge is 2.12. The average molecular weight is 242 g/mol. The number of hydrogen-bond donors (Lipinski definition) is 2. The van der Waals surface area contributed by atoms with E-state index in [-0.39, 0.29) is 10.7 Å². The number of nitrogens with two attached hydrogens (primary N) is 1. The number of rotatable bonds is 1. The van der Waals surface area contributed by atoms with Crippen molar-refractivity contribution in [2.45, 2.75) is 0 Å². The van der Waals surface area contributed by atoms with E-state index < -0.39 is 17.1 Å². The fraction of sp³-hybridized carbons (Fsp3) is 0.250. The molecule has 0 radical (unpaired) electrons. The van der Waals surface area contributed by atoms with Gasteiger partial charge >= 0.3 is 5.69 Å². The van der Waals surface area contributed by atoms with Gasteiger partial charge in [-0.15, -0.1) is 0 Å². The Hall–Kier alpha value is -1.96. The number of hydrogen-bond acceptors (Lipinski definition) is 4. The Morgan fingerprint density at radius 1 is 1.44 bits per heavy atom. The Labute approximate surface area is 95.5 Å². The second-order valence-corrected chi connectivity index (χ2v) is 3.46. The molecule has 0 saturated carbocycles. The molecule has 0 bridgehead atoms. The minimum absolute atomic E-state index is 0.141. The van der Waals surface area contributed by atoms with Crippen molar-refractivity contribution in [2.75, 3.05) is 0 Å². The summed E-state index contributed by atoms with van der Waals surface area (Å²) in [6.45, 7) is 0. The van der Waals surface area contributed by atoms with Gasteiger partial charge in [-0.1, -0.05) is 0 Å². The van der Waals surface area contributed by atoms with Crippen LogP contribution < -0.4 is 17.0 Å². The lowest BCUT2D eigenvalue weighted by atomic mass is 10.3. The van der Waals surface area contributed by atoms with Gasteiger partial charge in [0.25, 0.3) is 5.56 Å². The molecule has 1 aromatic rings. The van der Waals surface area contributed by atoms with Crippen LogP contribution >= 0.6 is 12.2 Å². The number of nitrogens with zero attached hydrogens (tertiary/aromatic N) is 3. The van der Waals surface area contributed by atoms with Gasteiger partial charge in [0.15, 0.2) is 5.11 Å². The number of aliphatic imine (C=N–C) groups is 1. The third kappa shape index (κ3) is 2.01. The van der Waals surface area contributed by atoms with Crippen molar-refractivity contribution in [1.29, 1.82) is 0 Å². The topological polar surface area (TPSA) is 103 Å². The third-order valence-electron chi connectivity index (χ3n) is 1.99. The standard InChI is InChI=1S/C8H10N4O3S/c1-11-5(13)4(3-10-7(9)16)6(14)12(2)8(11)15/h3,13H,1-2H3,(H2,9,16)/b10-3+. The summed E-state index contributed by atoms with van der Waals surface area (Å²) in [6, 6.07) is 0. The lowest BCUT2D eigenvalue weighted by Crippen LogP contribution is -2.38. The monoisotopic (exact) mass is 242 g/mol. The molecule has 3 N–H and O–H groups in total. The molecule has 7 nitrogen and oxygen atoms in total. The first-order valence-corrected chi connectivity index (χ1v) is 4.59. The summed E-state index contributed by atoms with van der Waals surface area (Å²) >= 11 is 4.49. The first kappa shape index (κ1) is 12.1. The average Bonchev–Trinajstić information content (AvgIpc) is 2.23. The smallest absolute Gasteiger partial charge is 0.333 e. The molecule has 0 spiro atoms. The molecule has 0 atom stereocenters. The minimum Gasteiger partial charge on any atom is -0.494 e. The summed E-state index contributed by atoms with van der Waals surface area (Å²) < 4.78 is 1.77. The molecule has 0 unspecified atom stereocenters. The third-order valence-corrected chi connectivity index (χ3v) is 2.09. The Kier molecular flexibility index (Phi) is 3.23. The Morgan fingerprint density at radius 2 is 2.00 bits per heavy atom. The van der Waals surface area contributed by atoms with Crippen LogP contribution in [0.15, 0.2) is 14.6 Å². The molecule has 0 aliphatic heterocycles. The fourth-order valence-corrected chi connectivity index (χ4v) is 1.15. The highest BCUT2D eigenvalue weighted by Crippen LogP contribution is 2.05. The highest BCUT2D eigenvalue weighted by atomic mass is 32.1. The van der Waals surface area contributed by atoms with E-state index in [9.17, 15) is 14.7 Å². The van der Waals surface area contributed by atoms with Gasteiger partial charge in [-0.25, -0.2) is 9.79 Å². The molecule has 0 aromatic carbocycles. The SMILES string of the molecule is Cn1c(O)c(/C=N/C(N)=S)c(=O)n(C)c1=O. The van der Waals surface area contributed by atoms with E-state index in [1.807, 2.05) is 0 Å². The van der Waals surface area contributed by atoms with Crippen LogP contribution in [0.3, 0.4) is 0 Å². The van der Waals surface area contributed by atoms with E-state index >= 15 is 0 Å². The lowest BCUT2D eigenvalue weighted by Gasteiger charge is -2.06. The van der Waals surface area contributed by atoms with Gasteiger partial charge in [-0.05, 0) is 12.2 Å². The van der Waals surface area contributed by atoms with Crippen molar-refractivity contribution in [2.24, 2.45) is 24.8 Å². The van der Waals surface area contributed by atoms with Crippen LogP contribution in [0.2, 0.25) is 0 Å². The molecule has 0 fully saturated rings. The maximum absolute atomic E-state index is 11.6. The highest BCUT2D eigenvalue weighted by molar-refractivity contribution is 7.80. The second kappa shape index (κ2) is 4.27. The zero-order chi connectivity index (χ0) is 12.5. The van der Waals surface area contributed by atoms with Gasteiger partial charge in [-0.3, -0.25) is 13.9 Å². The minimum atomic E-state index is -0.666. The zero-order valence-electron chi connectivity index (χ0n) is 8.67. The molecule has 86 valence electrons. The van der Waals surface area contributed by atoms with E-state index in [0.717, 1.165) is 15.3 Å². The number of thiocarbonyl (C=S) groups is 1. The van der Waals surface area contributed by atoms with Crippen LogP contribution in [0.5, 0.6) is 5.88 Å². The van der Waals surface area contributed by atoms with Crippen LogP contribution in [0.4, 0.5) is 0 Å². The first-order chi connectivity index (χ1) is 7.36. The largest absolute Gasteiger partial charge is 0.494 e. The summed E-state index contributed by atoms with van der Waals surface area (Å²) in [5.74, 6) is -0.479. The lowest BCUT2D eigenvalue weighted by molar-refractivity contribution is 0.410. The predicted molar refractivity (Wildman–Crippen MR) is 63.0 cm³/mol. The van der Waals surface area contributed by atoms with Crippen LogP contribution in [0.1, 0.15) is 5.56 Å². The molecule has 1 aromatic heterocycles. The molecule has 0 aliphatic carbocycles. The first-order valence-electron chi connectivity index (χ1n) is 4.18. The molecule has 1 rings (SSSR count). The molecule has 0 aliphatic rings. The number of aromatic nitrogens is 2.